The molecule has 5 rings (SSSR count). The SMILES string of the molecule is C[C@@H]1CCCN1C(=O)N[C@H]1CCN(c2ccc(-c3ccc4c(c3)OCO4)cc2C#N)C1. The van der Waals surface area contributed by atoms with Crippen LogP contribution in [0.3, 0.4) is 0 Å². The summed E-state index contributed by atoms with van der Waals surface area (Å²) in [6.45, 7) is 4.72. The summed E-state index contributed by atoms with van der Waals surface area (Å²) in [5.74, 6) is 1.47. The number of urea groups is 1. The van der Waals surface area contributed by atoms with E-state index in [1.54, 1.807) is 0 Å². The van der Waals surface area contributed by atoms with Gasteiger partial charge in [0.25, 0.3) is 0 Å². The molecule has 2 fully saturated rings. The summed E-state index contributed by atoms with van der Waals surface area (Å²) in [6.07, 6.45) is 3.03. The minimum atomic E-state index is 0.0375. The number of hydrogen-bond donors (Lipinski definition) is 1. The van der Waals surface area contributed by atoms with Crippen molar-refractivity contribution in [2.24, 2.45) is 0 Å². The molecule has 0 aliphatic carbocycles. The number of fused-ring (bicyclic) bond motifs is 1. The third kappa shape index (κ3) is 3.74. The molecule has 3 heterocycles. The number of nitriles is 1. The molecule has 3 aliphatic heterocycles. The lowest BCUT2D eigenvalue weighted by molar-refractivity contribution is 0.174. The van der Waals surface area contributed by atoms with Crippen molar-refractivity contribution in [3.8, 4) is 28.7 Å². The van der Waals surface area contributed by atoms with E-state index in [9.17, 15) is 10.1 Å². The van der Waals surface area contributed by atoms with E-state index < -0.39 is 0 Å². The summed E-state index contributed by atoms with van der Waals surface area (Å²) >= 11 is 0. The highest BCUT2D eigenvalue weighted by molar-refractivity contribution is 5.76. The lowest BCUT2D eigenvalue weighted by Crippen LogP contribution is -2.47. The Hall–Kier alpha value is -3.40. The van der Waals surface area contributed by atoms with Crippen LogP contribution in [0.2, 0.25) is 0 Å². The number of carbonyl (C=O) groups excluding carboxylic acids is 1. The van der Waals surface area contributed by atoms with Gasteiger partial charge in [0.15, 0.2) is 11.5 Å². The van der Waals surface area contributed by atoms with Gasteiger partial charge in [0.05, 0.1) is 11.3 Å². The first-order valence-electron chi connectivity index (χ1n) is 10.9. The standard InChI is InChI=1S/C24H26N4O3/c1-16-3-2-9-28(16)24(29)26-20-8-10-27(14-20)21-6-4-17(11-19(21)13-25)18-5-7-22-23(12-18)31-15-30-22/h4-7,11-12,16,20H,2-3,8-10,14-15H2,1H3,(H,26,29)/t16-,20+/m1/s1. The second-order valence-electron chi connectivity index (χ2n) is 8.48. The van der Waals surface area contributed by atoms with Crippen LogP contribution in [0.1, 0.15) is 31.7 Å². The summed E-state index contributed by atoms with van der Waals surface area (Å²) < 4.78 is 10.9. The van der Waals surface area contributed by atoms with Gasteiger partial charge in [-0.1, -0.05) is 12.1 Å². The molecule has 0 bridgehead atoms. The van der Waals surface area contributed by atoms with Crippen LogP contribution in [-0.2, 0) is 0 Å². The third-order valence-corrected chi connectivity index (χ3v) is 6.49. The molecule has 2 aromatic carbocycles. The molecule has 2 aromatic rings. The van der Waals surface area contributed by atoms with Gasteiger partial charge in [-0.25, -0.2) is 4.79 Å². The average Bonchev–Trinajstić information content (AvgIpc) is 3.53. The van der Waals surface area contributed by atoms with Crippen molar-refractivity contribution in [1.29, 1.82) is 5.26 Å². The van der Waals surface area contributed by atoms with Gasteiger partial charge in [0, 0.05) is 31.7 Å². The van der Waals surface area contributed by atoms with Crippen molar-refractivity contribution in [2.45, 2.75) is 38.3 Å². The smallest absolute Gasteiger partial charge is 0.317 e. The first-order valence-corrected chi connectivity index (χ1v) is 10.9. The molecule has 2 amide bonds. The molecule has 0 saturated carbocycles. The average molecular weight is 418 g/mol. The predicted molar refractivity (Wildman–Crippen MR) is 117 cm³/mol. The molecular formula is C24H26N4O3. The zero-order valence-corrected chi connectivity index (χ0v) is 17.6. The number of nitrogens with one attached hydrogen (secondary N) is 1. The van der Waals surface area contributed by atoms with Crippen LogP contribution in [0.15, 0.2) is 36.4 Å². The molecule has 1 N–H and O–H groups in total. The van der Waals surface area contributed by atoms with Gasteiger partial charge in [-0.15, -0.1) is 0 Å². The Morgan fingerprint density at radius 2 is 1.90 bits per heavy atom. The molecule has 7 nitrogen and oxygen atoms in total. The summed E-state index contributed by atoms with van der Waals surface area (Å²) in [7, 11) is 0. The highest BCUT2D eigenvalue weighted by Gasteiger charge is 2.30. The van der Waals surface area contributed by atoms with Crippen molar-refractivity contribution in [2.75, 3.05) is 31.3 Å². The summed E-state index contributed by atoms with van der Waals surface area (Å²) in [6, 6.07) is 14.6. The summed E-state index contributed by atoms with van der Waals surface area (Å²) in [5.41, 5.74) is 3.50. The number of ether oxygens (including phenoxy) is 2. The minimum absolute atomic E-state index is 0.0375. The maximum absolute atomic E-state index is 12.6. The zero-order chi connectivity index (χ0) is 21.4. The quantitative estimate of drug-likeness (QED) is 0.822. The van der Waals surface area contributed by atoms with Crippen molar-refractivity contribution in [3.63, 3.8) is 0 Å². The number of benzene rings is 2. The largest absolute Gasteiger partial charge is 0.454 e. The normalized spacial score (nSPS) is 21.9. The molecular weight excluding hydrogens is 392 g/mol. The Morgan fingerprint density at radius 1 is 1.10 bits per heavy atom. The number of rotatable bonds is 3. The van der Waals surface area contributed by atoms with Gasteiger partial charge >= 0.3 is 6.03 Å². The van der Waals surface area contributed by atoms with Gasteiger partial charge < -0.3 is 24.6 Å². The van der Waals surface area contributed by atoms with E-state index in [1.165, 1.54) is 0 Å². The highest BCUT2D eigenvalue weighted by atomic mass is 16.7. The number of likely N-dealkylation sites (tertiary alicyclic amines) is 1. The van der Waals surface area contributed by atoms with Crippen LogP contribution in [0.5, 0.6) is 11.5 Å². The number of carbonyl (C=O) groups is 1. The van der Waals surface area contributed by atoms with Crippen LogP contribution in [0.4, 0.5) is 10.5 Å². The maximum Gasteiger partial charge on any atom is 0.317 e. The van der Waals surface area contributed by atoms with Crippen molar-refractivity contribution in [1.82, 2.24) is 10.2 Å². The minimum Gasteiger partial charge on any atom is -0.454 e. The topological polar surface area (TPSA) is 77.8 Å². The van der Waals surface area contributed by atoms with E-state index in [-0.39, 0.29) is 18.9 Å². The van der Waals surface area contributed by atoms with Gasteiger partial charge in [-0.05, 0) is 61.6 Å². The molecule has 0 unspecified atom stereocenters. The Balaban J connectivity index is 1.29. The van der Waals surface area contributed by atoms with E-state index in [0.29, 0.717) is 18.2 Å². The molecule has 160 valence electrons. The number of amides is 2. The van der Waals surface area contributed by atoms with Crippen molar-refractivity contribution < 1.29 is 14.3 Å². The summed E-state index contributed by atoms with van der Waals surface area (Å²) in [4.78, 5) is 16.7. The number of anilines is 1. The fourth-order valence-electron chi connectivity index (χ4n) is 4.75. The molecule has 2 atom stereocenters. The molecule has 0 aromatic heterocycles. The first kappa shape index (κ1) is 19.6. The fourth-order valence-corrected chi connectivity index (χ4v) is 4.75. The van der Waals surface area contributed by atoms with E-state index in [4.69, 9.17) is 9.47 Å². The Labute approximate surface area is 182 Å². The van der Waals surface area contributed by atoms with Crippen LogP contribution in [0, 0.1) is 11.3 Å². The molecule has 7 heteroatoms. The molecule has 0 spiro atoms. The Morgan fingerprint density at radius 3 is 2.71 bits per heavy atom. The van der Waals surface area contributed by atoms with Gasteiger partial charge in [-0.3, -0.25) is 0 Å². The Bertz CT molecular complexity index is 1050. The van der Waals surface area contributed by atoms with Gasteiger partial charge in [-0.2, -0.15) is 5.26 Å². The number of hydrogen-bond acceptors (Lipinski definition) is 5. The van der Waals surface area contributed by atoms with Gasteiger partial charge in [0.2, 0.25) is 6.79 Å². The first-order chi connectivity index (χ1) is 15.1. The monoisotopic (exact) mass is 418 g/mol. The third-order valence-electron chi connectivity index (χ3n) is 6.49. The predicted octanol–water partition coefficient (Wildman–Crippen LogP) is 3.73. The second kappa shape index (κ2) is 8.03. The second-order valence-corrected chi connectivity index (χ2v) is 8.48. The molecule has 3 aliphatic rings. The van der Waals surface area contributed by atoms with E-state index >= 15 is 0 Å². The lowest BCUT2D eigenvalue weighted by Gasteiger charge is -2.25. The highest BCUT2D eigenvalue weighted by Crippen LogP contribution is 2.37. The van der Waals surface area contributed by atoms with Crippen molar-refractivity contribution >= 4 is 11.7 Å². The van der Waals surface area contributed by atoms with E-state index in [0.717, 1.165) is 60.7 Å². The van der Waals surface area contributed by atoms with Crippen molar-refractivity contribution in [3.05, 3.63) is 42.0 Å². The van der Waals surface area contributed by atoms with Crippen LogP contribution in [-0.4, -0.2) is 49.4 Å². The van der Waals surface area contributed by atoms with Crippen LogP contribution >= 0.6 is 0 Å². The number of nitrogens with zero attached hydrogens (tertiary/aromatic N) is 3. The van der Waals surface area contributed by atoms with Crippen LogP contribution < -0.4 is 19.7 Å². The Kier molecular flexibility index (Phi) is 5.06. The molecule has 0 radical (unpaired) electrons. The van der Waals surface area contributed by atoms with E-state index in [1.807, 2.05) is 41.3 Å². The van der Waals surface area contributed by atoms with E-state index in [2.05, 4.69) is 23.2 Å². The zero-order valence-electron chi connectivity index (χ0n) is 17.6. The lowest BCUT2D eigenvalue weighted by atomic mass is 10.0. The molecule has 31 heavy (non-hydrogen) atoms. The molecule has 2 saturated heterocycles. The van der Waals surface area contributed by atoms with Crippen LogP contribution in [0.25, 0.3) is 11.1 Å². The fraction of sp³-hybridized carbons (Fsp3) is 0.417. The van der Waals surface area contributed by atoms with Gasteiger partial charge in [0.1, 0.15) is 6.07 Å². The maximum atomic E-state index is 12.6. The summed E-state index contributed by atoms with van der Waals surface area (Å²) in [5, 5.41) is 13.0.